The maximum atomic E-state index is 11.9. The van der Waals surface area contributed by atoms with Gasteiger partial charge < -0.3 is 16.0 Å². The number of nitrogens with zero attached hydrogens (tertiary/aromatic N) is 2. The molecule has 1 saturated heterocycles. The minimum Gasteiger partial charge on any atom is -0.384 e. The van der Waals surface area contributed by atoms with Crippen LogP contribution in [0.4, 0.5) is 5.82 Å². The molecular formula is C13H20N4O. The Balaban J connectivity index is 1.80. The number of pyridine rings is 1. The van der Waals surface area contributed by atoms with Crippen molar-refractivity contribution in [1.82, 2.24) is 15.2 Å². The maximum absolute atomic E-state index is 11.9. The highest BCUT2D eigenvalue weighted by atomic mass is 16.1. The summed E-state index contributed by atoms with van der Waals surface area (Å²) in [5.74, 6) is 0.925. The molecule has 1 aromatic heterocycles. The second-order valence-electron chi connectivity index (χ2n) is 4.73. The first-order valence-electron chi connectivity index (χ1n) is 6.41. The molecule has 5 nitrogen and oxygen atoms in total. The first kappa shape index (κ1) is 12.8. The molecule has 98 valence electrons. The van der Waals surface area contributed by atoms with E-state index in [1.54, 1.807) is 12.1 Å². The van der Waals surface area contributed by atoms with Crippen LogP contribution in [-0.4, -0.2) is 42.0 Å². The van der Waals surface area contributed by atoms with Crippen molar-refractivity contribution in [3.05, 3.63) is 23.9 Å². The predicted molar refractivity (Wildman–Crippen MR) is 71.2 cm³/mol. The van der Waals surface area contributed by atoms with Crippen molar-refractivity contribution in [3.63, 3.8) is 0 Å². The van der Waals surface area contributed by atoms with Crippen LogP contribution >= 0.6 is 0 Å². The van der Waals surface area contributed by atoms with E-state index in [9.17, 15) is 4.79 Å². The highest BCUT2D eigenvalue weighted by Crippen LogP contribution is 2.14. The summed E-state index contributed by atoms with van der Waals surface area (Å²) in [4.78, 5) is 18.2. The van der Waals surface area contributed by atoms with Gasteiger partial charge in [0.2, 0.25) is 0 Å². The minimum atomic E-state index is -0.0718. The molecule has 2 heterocycles. The standard InChI is InChI=1S/C13H20N4O/c1-2-17-6-5-10(9-17)7-16-13(18)11-3-4-12(14)15-8-11/h3-4,8,10H,2,5-7,9H2,1H3,(H2,14,15)(H,16,18). The number of hydrogen-bond donors (Lipinski definition) is 2. The summed E-state index contributed by atoms with van der Waals surface area (Å²) < 4.78 is 0. The largest absolute Gasteiger partial charge is 0.384 e. The van der Waals surface area contributed by atoms with Gasteiger partial charge in [-0.05, 0) is 37.6 Å². The van der Waals surface area contributed by atoms with Gasteiger partial charge in [-0.1, -0.05) is 6.92 Å². The zero-order valence-corrected chi connectivity index (χ0v) is 10.7. The third-order valence-corrected chi connectivity index (χ3v) is 3.42. The molecule has 0 bridgehead atoms. The molecule has 1 fully saturated rings. The van der Waals surface area contributed by atoms with E-state index in [0.29, 0.717) is 17.3 Å². The summed E-state index contributed by atoms with van der Waals surface area (Å²) in [6.45, 7) is 6.21. The number of amides is 1. The second-order valence-corrected chi connectivity index (χ2v) is 4.73. The fourth-order valence-electron chi connectivity index (χ4n) is 2.25. The van der Waals surface area contributed by atoms with Crippen LogP contribution in [0.5, 0.6) is 0 Å². The van der Waals surface area contributed by atoms with Gasteiger partial charge in [-0.25, -0.2) is 4.98 Å². The van der Waals surface area contributed by atoms with E-state index in [-0.39, 0.29) is 5.91 Å². The van der Waals surface area contributed by atoms with Crippen molar-refractivity contribution in [1.29, 1.82) is 0 Å². The van der Waals surface area contributed by atoms with Crippen LogP contribution in [0.2, 0.25) is 0 Å². The van der Waals surface area contributed by atoms with Crippen LogP contribution in [-0.2, 0) is 0 Å². The molecule has 2 rings (SSSR count). The molecule has 3 N–H and O–H groups in total. The molecule has 0 radical (unpaired) electrons. The van der Waals surface area contributed by atoms with Crippen molar-refractivity contribution in [3.8, 4) is 0 Å². The van der Waals surface area contributed by atoms with Crippen molar-refractivity contribution in [2.45, 2.75) is 13.3 Å². The fourth-order valence-corrected chi connectivity index (χ4v) is 2.25. The van der Waals surface area contributed by atoms with E-state index in [1.165, 1.54) is 6.20 Å². The number of aromatic nitrogens is 1. The first-order valence-corrected chi connectivity index (χ1v) is 6.41. The number of anilines is 1. The second kappa shape index (κ2) is 5.82. The molecule has 18 heavy (non-hydrogen) atoms. The van der Waals surface area contributed by atoms with Gasteiger partial charge in [-0.3, -0.25) is 4.79 Å². The first-order chi connectivity index (χ1) is 8.69. The zero-order chi connectivity index (χ0) is 13.0. The molecule has 1 aliphatic heterocycles. The van der Waals surface area contributed by atoms with E-state index in [2.05, 4.69) is 22.1 Å². The molecule has 1 aromatic rings. The van der Waals surface area contributed by atoms with E-state index < -0.39 is 0 Å². The van der Waals surface area contributed by atoms with Gasteiger partial charge in [0.25, 0.3) is 5.91 Å². The highest BCUT2D eigenvalue weighted by molar-refractivity contribution is 5.93. The minimum absolute atomic E-state index is 0.0718. The molecule has 5 heteroatoms. The topological polar surface area (TPSA) is 71.2 Å². The Labute approximate surface area is 107 Å². The summed E-state index contributed by atoms with van der Waals surface area (Å²) in [7, 11) is 0. The van der Waals surface area contributed by atoms with Gasteiger partial charge in [0.05, 0.1) is 5.56 Å². The van der Waals surface area contributed by atoms with Crippen LogP contribution in [0.25, 0.3) is 0 Å². The van der Waals surface area contributed by atoms with Gasteiger partial charge in [0, 0.05) is 19.3 Å². The van der Waals surface area contributed by atoms with Crippen molar-refractivity contribution in [2.75, 3.05) is 31.9 Å². The monoisotopic (exact) mass is 248 g/mol. The average molecular weight is 248 g/mol. The molecule has 0 saturated carbocycles. The number of nitrogens with one attached hydrogen (secondary N) is 1. The summed E-state index contributed by atoms with van der Waals surface area (Å²) in [6.07, 6.45) is 2.67. The lowest BCUT2D eigenvalue weighted by Gasteiger charge is -2.13. The number of carbonyl (C=O) groups excluding carboxylic acids is 1. The SMILES string of the molecule is CCN1CCC(CNC(=O)c2ccc(N)nc2)C1. The lowest BCUT2D eigenvalue weighted by atomic mass is 10.1. The predicted octanol–water partition coefficient (Wildman–Crippen LogP) is 0.735. The summed E-state index contributed by atoms with van der Waals surface area (Å²) in [5, 5.41) is 2.96. The number of nitrogens with two attached hydrogens (primary N) is 1. The maximum Gasteiger partial charge on any atom is 0.252 e. The fraction of sp³-hybridized carbons (Fsp3) is 0.538. The summed E-state index contributed by atoms with van der Waals surface area (Å²) in [6, 6.07) is 3.34. The lowest BCUT2D eigenvalue weighted by molar-refractivity contribution is 0.0947. The average Bonchev–Trinajstić information content (AvgIpc) is 2.85. The zero-order valence-electron chi connectivity index (χ0n) is 10.7. The molecule has 1 aliphatic rings. The highest BCUT2D eigenvalue weighted by Gasteiger charge is 2.21. The van der Waals surface area contributed by atoms with Crippen LogP contribution < -0.4 is 11.1 Å². The number of hydrogen-bond acceptors (Lipinski definition) is 4. The van der Waals surface area contributed by atoms with Gasteiger partial charge in [-0.15, -0.1) is 0 Å². The van der Waals surface area contributed by atoms with Crippen molar-refractivity contribution >= 4 is 11.7 Å². The van der Waals surface area contributed by atoms with E-state index in [0.717, 1.165) is 32.6 Å². The van der Waals surface area contributed by atoms with E-state index >= 15 is 0 Å². The molecule has 0 aliphatic carbocycles. The Hall–Kier alpha value is -1.62. The Morgan fingerprint density at radius 2 is 2.44 bits per heavy atom. The number of rotatable bonds is 4. The van der Waals surface area contributed by atoms with Crippen LogP contribution in [0.15, 0.2) is 18.3 Å². The Morgan fingerprint density at radius 3 is 3.06 bits per heavy atom. The van der Waals surface area contributed by atoms with Crippen molar-refractivity contribution < 1.29 is 4.79 Å². The normalized spacial score (nSPS) is 19.9. The summed E-state index contributed by atoms with van der Waals surface area (Å²) in [5.41, 5.74) is 6.05. The quantitative estimate of drug-likeness (QED) is 0.824. The van der Waals surface area contributed by atoms with Gasteiger partial charge in [0.1, 0.15) is 5.82 Å². The van der Waals surface area contributed by atoms with Crippen molar-refractivity contribution in [2.24, 2.45) is 5.92 Å². The van der Waals surface area contributed by atoms with Crippen LogP contribution in [0.1, 0.15) is 23.7 Å². The Morgan fingerprint density at radius 1 is 1.61 bits per heavy atom. The Bertz CT molecular complexity index is 404. The smallest absolute Gasteiger partial charge is 0.252 e. The van der Waals surface area contributed by atoms with E-state index in [1.807, 2.05) is 0 Å². The van der Waals surface area contributed by atoms with Gasteiger partial charge in [0.15, 0.2) is 0 Å². The molecule has 1 unspecified atom stereocenters. The summed E-state index contributed by atoms with van der Waals surface area (Å²) >= 11 is 0. The number of nitrogen functional groups attached to an aromatic ring is 1. The van der Waals surface area contributed by atoms with Gasteiger partial charge in [-0.2, -0.15) is 0 Å². The third kappa shape index (κ3) is 3.20. The number of likely N-dealkylation sites (tertiary alicyclic amines) is 1. The third-order valence-electron chi connectivity index (χ3n) is 3.42. The molecule has 1 atom stereocenters. The molecule has 0 spiro atoms. The van der Waals surface area contributed by atoms with Crippen LogP contribution in [0.3, 0.4) is 0 Å². The van der Waals surface area contributed by atoms with Gasteiger partial charge >= 0.3 is 0 Å². The number of carbonyl (C=O) groups is 1. The van der Waals surface area contributed by atoms with E-state index in [4.69, 9.17) is 5.73 Å². The molecular weight excluding hydrogens is 228 g/mol. The Kier molecular flexibility index (Phi) is 4.15. The lowest BCUT2D eigenvalue weighted by Crippen LogP contribution is -2.31. The molecule has 0 aromatic carbocycles. The molecule has 1 amide bonds. The van der Waals surface area contributed by atoms with Crippen LogP contribution in [0, 0.1) is 5.92 Å².